The summed E-state index contributed by atoms with van der Waals surface area (Å²) in [6.07, 6.45) is 6.92. The Labute approximate surface area is 173 Å². The molecule has 0 bridgehead atoms. The summed E-state index contributed by atoms with van der Waals surface area (Å²) >= 11 is 5.28. The van der Waals surface area contributed by atoms with Gasteiger partial charge in [-0.15, -0.1) is 0 Å². The van der Waals surface area contributed by atoms with Crippen LogP contribution in [0.2, 0.25) is 0 Å². The second-order valence-electron chi connectivity index (χ2n) is 9.26. The van der Waals surface area contributed by atoms with Crippen molar-refractivity contribution in [1.29, 1.82) is 0 Å². The molecule has 28 heavy (non-hydrogen) atoms. The van der Waals surface area contributed by atoms with Gasteiger partial charge in [-0.25, -0.2) is 0 Å². The Balaban J connectivity index is 1.55. The summed E-state index contributed by atoms with van der Waals surface area (Å²) in [5.41, 5.74) is 3.06. The first-order valence-electron chi connectivity index (χ1n) is 10.5. The van der Waals surface area contributed by atoms with E-state index in [4.69, 9.17) is 21.7 Å². The van der Waals surface area contributed by atoms with E-state index in [0.29, 0.717) is 22.9 Å². The molecule has 0 aliphatic heterocycles. The average Bonchev–Trinajstić information content (AvgIpc) is 2.97. The predicted molar refractivity (Wildman–Crippen MR) is 114 cm³/mol. The van der Waals surface area contributed by atoms with Gasteiger partial charge in [0.2, 0.25) is 0 Å². The Hall–Kier alpha value is -1.62. The van der Waals surface area contributed by atoms with Gasteiger partial charge in [0.05, 0.1) is 0 Å². The molecule has 0 unspecified atom stereocenters. The van der Waals surface area contributed by atoms with E-state index in [1.165, 1.54) is 30.4 Å². The second-order valence-corrected chi connectivity index (χ2v) is 9.61. The molecule has 2 fully saturated rings. The van der Waals surface area contributed by atoms with Gasteiger partial charge in [-0.2, -0.15) is 0 Å². The van der Waals surface area contributed by atoms with Crippen LogP contribution in [0.1, 0.15) is 63.0 Å². The van der Waals surface area contributed by atoms with Crippen LogP contribution in [0.5, 0.6) is 5.75 Å². The molecule has 4 nitrogen and oxygen atoms in total. The SMILES string of the molecule is CC(=O)O[C@H]1CC[C@@H]2[C@H]3CCc4cc(OC(=S)N(C)C)ccc4[C@@H]3CC[C@]12C. The molecule has 0 N–H and O–H groups in total. The number of benzene rings is 1. The summed E-state index contributed by atoms with van der Waals surface area (Å²) in [5, 5.41) is 0.490. The highest BCUT2D eigenvalue weighted by atomic mass is 32.1. The highest BCUT2D eigenvalue weighted by Crippen LogP contribution is 2.61. The maximum atomic E-state index is 11.6. The van der Waals surface area contributed by atoms with E-state index in [1.54, 1.807) is 6.92 Å². The molecule has 1 aromatic rings. The maximum absolute atomic E-state index is 11.6. The number of aryl methyl sites for hydroxylation is 1. The van der Waals surface area contributed by atoms with Crippen molar-refractivity contribution in [1.82, 2.24) is 4.90 Å². The van der Waals surface area contributed by atoms with Crippen LogP contribution in [0.25, 0.3) is 0 Å². The number of carbonyl (C=O) groups excluding carboxylic acids is 1. The van der Waals surface area contributed by atoms with E-state index < -0.39 is 0 Å². The molecule has 5 atom stereocenters. The predicted octanol–water partition coefficient (Wildman–Crippen LogP) is 4.70. The van der Waals surface area contributed by atoms with Crippen LogP contribution in [-0.2, 0) is 16.0 Å². The molecule has 0 heterocycles. The van der Waals surface area contributed by atoms with Crippen molar-refractivity contribution in [2.24, 2.45) is 17.3 Å². The standard InChI is InChI=1S/C23H31NO3S/c1-14(25)26-21-10-9-20-19-7-5-15-13-16(27-22(28)24(3)4)6-8-17(15)18(19)11-12-23(20,21)2/h6,8,13,18-21H,5,7,9-12H2,1-4H3/t18-,19-,20+,21-,23-/m0/s1. The lowest BCUT2D eigenvalue weighted by Crippen LogP contribution is -2.45. The molecule has 2 saturated carbocycles. The summed E-state index contributed by atoms with van der Waals surface area (Å²) < 4.78 is 11.6. The summed E-state index contributed by atoms with van der Waals surface area (Å²) in [5.74, 6) is 2.67. The summed E-state index contributed by atoms with van der Waals surface area (Å²) in [6, 6.07) is 6.52. The quantitative estimate of drug-likeness (QED) is 0.530. The van der Waals surface area contributed by atoms with Crippen LogP contribution >= 0.6 is 12.2 Å². The van der Waals surface area contributed by atoms with Crippen LogP contribution in [0, 0.1) is 17.3 Å². The normalized spacial score (nSPS) is 33.3. The van der Waals surface area contributed by atoms with E-state index in [-0.39, 0.29) is 17.5 Å². The minimum atomic E-state index is -0.133. The van der Waals surface area contributed by atoms with Crippen molar-refractivity contribution < 1.29 is 14.3 Å². The Bertz CT molecular complexity index is 792. The lowest BCUT2D eigenvalue weighted by Gasteiger charge is -2.50. The number of rotatable bonds is 2. The Morgan fingerprint density at radius 2 is 2.00 bits per heavy atom. The van der Waals surface area contributed by atoms with Gasteiger partial charge in [0, 0.05) is 26.4 Å². The van der Waals surface area contributed by atoms with E-state index >= 15 is 0 Å². The van der Waals surface area contributed by atoms with Crippen molar-refractivity contribution in [3.63, 3.8) is 0 Å². The van der Waals surface area contributed by atoms with Gasteiger partial charge >= 0.3 is 5.97 Å². The molecule has 1 aromatic carbocycles. The summed E-state index contributed by atoms with van der Waals surface area (Å²) in [4.78, 5) is 13.4. The molecule has 3 aliphatic carbocycles. The third-order valence-corrected chi connectivity index (χ3v) is 7.94. The monoisotopic (exact) mass is 401 g/mol. The number of nitrogens with zero attached hydrogens (tertiary/aromatic N) is 1. The number of hydrogen-bond donors (Lipinski definition) is 0. The van der Waals surface area contributed by atoms with Crippen molar-refractivity contribution in [2.45, 2.75) is 64.4 Å². The smallest absolute Gasteiger partial charge is 0.302 e. The minimum absolute atomic E-state index is 0.0974. The van der Waals surface area contributed by atoms with E-state index in [2.05, 4.69) is 25.1 Å². The third-order valence-electron chi connectivity index (χ3n) is 7.49. The van der Waals surface area contributed by atoms with Crippen LogP contribution in [0.4, 0.5) is 0 Å². The zero-order valence-electron chi connectivity index (χ0n) is 17.4. The number of fused-ring (bicyclic) bond motifs is 5. The maximum Gasteiger partial charge on any atom is 0.302 e. The van der Waals surface area contributed by atoms with Gasteiger partial charge in [-0.05, 0) is 91.8 Å². The fourth-order valence-corrected chi connectivity index (χ4v) is 6.26. The zero-order chi connectivity index (χ0) is 20.1. The molecule has 0 radical (unpaired) electrons. The summed E-state index contributed by atoms with van der Waals surface area (Å²) in [6.45, 7) is 3.91. The first kappa shape index (κ1) is 19.7. The molecule has 5 heteroatoms. The highest BCUT2D eigenvalue weighted by molar-refractivity contribution is 7.80. The fraction of sp³-hybridized carbons (Fsp3) is 0.652. The fourth-order valence-electron chi connectivity index (χ4n) is 6.16. The Morgan fingerprint density at radius 1 is 1.21 bits per heavy atom. The molecule has 3 aliphatic rings. The van der Waals surface area contributed by atoms with Gasteiger partial charge in [0.1, 0.15) is 11.9 Å². The molecular weight excluding hydrogens is 370 g/mol. The van der Waals surface area contributed by atoms with Gasteiger partial charge in [0.25, 0.3) is 5.17 Å². The number of hydrogen-bond acceptors (Lipinski definition) is 4. The topological polar surface area (TPSA) is 38.8 Å². The van der Waals surface area contributed by atoms with Crippen molar-refractivity contribution in [2.75, 3.05) is 14.1 Å². The first-order valence-corrected chi connectivity index (χ1v) is 10.9. The lowest BCUT2D eigenvalue weighted by molar-refractivity contribution is -0.154. The van der Waals surface area contributed by atoms with Crippen LogP contribution < -0.4 is 4.74 Å². The summed E-state index contributed by atoms with van der Waals surface area (Å²) in [7, 11) is 3.80. The third kappa shape index (κ3) is 3.32. The van der Waals surface area contributed by atoms with Gasteiger partial charge in [0.15, 0.2) is 0 Å². The average molecular weight is 402 g/mol. The van der Waals surface area contributed by atoms with E-state index in [1.807, 2.05) is 19.0 Å². The highest BCUT2D eigenvalue weighted by Gasteiger charge is 2.56. The molecule has 0 spiro atoms. The largest absolute Gasteiger partial charge is 0.462 e. The van der Waals surface area contributed by atoms with Crippen LogP contribution in [-0.4, -0.2) is 36.2 Å². The number of esters is 1. The Morgan fingerprint density at radius 3 is 2.71 bits per heavy atom. The second kappa shape index (κ2) is 7.33. The van der Waals surface area contributed by atoms with Crippen molar-refractivity contribution in [3.8, 4) is 5.75 Å². The van der Waals surface area contributed by atoms with E-state index in [0.717, 1.165) is 25.0 Å². The molecular formula is C23H31NO3S. The lowest BCUT2D eigenvalue weighted by atomic mass is 9.55. The number of ether oxygens (including phenoxy) is 2. The first-order chi connectivity index (χ1) is 13.3. The molecule has 0 saturated heterocycles. The van der Waals surface area contributed by atoms with Gasteiger partial charge < -0.3 is 14.4 Å². The molecule has 0 aromatic heterocycles. The van der Waals surface area contributed by atoms with Crippen molar-refractivity contribution in [3.05, 3.63) is 29.3 Å². The molecule has 4 rings (SSSR count). The van der Waals surface area contributed by atoms with Crippen LogP contribution in [0.15, 0.2) is 18.2 Å². The van der Waals surface area contributed by atoms with Crippen LogP contribution in [0.3, 0.4) is 0 Å². The zero-order valence-corrected chi connectivity index (χ0v) is 18.2. The molecule has 152 valence electrons. The van der Waals surface area contributed by atoms with Crippen molar-refractivity contribution >= 4 is 23.4 Å². The Kier molecular flexibility index (Phi) is 5.15. The van der Waals surface area contributed by atoms with Gasteiger partial charge in [-0.3, -0.25) is 4.79 Å². The van der Waals surface area contributed by atoms with E-state index in [9.17, 15) is 4.79 Å². The number of thiocarbonyl (C=S) groups is 1. The van der Waals surface area contributed by atoms with Gasteiger partial charge in [-0.1, -0.05) is 13.0 Å². The minimum Gasteiger partial charge on any atom is -0.462 e. The molecule has 0 amide bonds. The number of carbonyl (C=O) groups is 1.